The lowest BCUT2D eigenvalue weighted by Gasteiger charge is -2.39. The Balaban J connectivity index is 1.47. The lowest BCUT2D eigenvalue weighted by Crippen LogP contribution is -2.51. The van der Waals surface area contributed by atoms with Crippen LogP contribution in [0.4, 0.5) is 0 Å². The molecular weight excluding hydrogens is 538 g/mol. The molecule has 2 amide bonds. The van der Waals surface area contributed by atoms with Crippen molar-refractivity contribution in [2.45, 2.75) is 75.8 Å². The van der Waals surface area contributed by atoms with E-state index in [0.29, 0.717) is 44.8 Å². The quantitative estimate of drug-likeness (QED) is 0.343. The number of aryl methyl sites for hydroxylation is 1. The van der Waals surface area contributed by atoms with E-state index in [2.05, 4.69) is 0 Å². The fraction of sp³-hybridized carbons (Fsp3) is 0.562. The SMILES string of the molecule is COCCN(CC(=O)N(Cc1ccc(C)cc1)C1CCN(C(=O)CCC2CCCC2)CC1)S(=O)(=O)c1ccccc1. The van der Waals surface area contributed by atoms with Crippen LogP contribution < -0.4 is 0 Å². The average Bonchev–Trinajstić information content (AvgIpc) is 3.52. The average molecular weight is 584 g/mol. The van der Waals surface area contributed by atoms with Gasteiger partial charge in [-0.25, -0.2) is 8.42 Å². The molecule has 0 aromatic heterocycles. The van der Waals surface area contributed by atoms with Gasteiger partial charge in [-0.15, -0.1) is 0 Å². The Kier molecular flexibility index (Phi) is 11.4. The highest BCUT2D eigenvalue weighted by Gasteiger charge is 2.33. The monoisotopic (exact) mass is 583 g/mol. The second-order valence-electron chi connectivity index (χ2n) is 11.5. The van der Waals surface area contributed by atoms with Crippen LogP contribution >= 0.6 is 0 Å². The molecule has 0 bridgehead atoms. The van der Waals surface area contributed by atoms with Gasteiger partial charge in [0.15, 0.2) is 0 Å². The second-order valence-corrected chi connectivity index (χ2v) is 13.4. The summed E-state index contributed by atoms with van der Waals surface area (Å²) in [5.74, 6) is 0.658. The molecule has 224 valence electrons. The largest absolute Gasteiger partial charge is 0.383 e. The third-order valence-corrected chi connectivity index (χ3v) is 10.4. The van der Waals surface area contributed by atoms with Crippen LogP contribution in [0.3, 0.4) is 0 Å². The van der Waals surface area contributed by atoms with E-state index in [1.54, 1.807) is 30.3 Å². The maximum Gasteiger partial charge on any atom is 0.243 e. The Bertz CT molecular complexity index is 1220. The van der Waals surface area contributed by atoms with E-state index in [-0.39, 0.29) is 42.4 Å². The molecule has 1 aliphatic heterocycles. The minimum atomic E-state index is -3.89. The number of piperidine rings is 1. The van der Waals surface area contributed by atoms with Gasteiger partial charge in [0.25, 0.3) is 0 Å². The number of likely N-dealkylation sites (tertiary alicyclic amines) is 1. The summed E-state index contributed by atoms with van der Waals surface area (Å²) in [5, 5.41) is 0. The van der Waals surface area contributed by atoms with E-state index in [1.807, 2.05) is 41.0 Å². The van der Waals surface area contributed by atoms with Crippen LogP contribution in [0.15, 0.2) is 59.5 Å². The van der Waals surface area contributed by atoms with E-state index in [9.17, 15) is 18.0 Å². The highest BCUT2D eigenvalue weighted by Crippen LogP contribution is 2.29. The first-order valence-electron chi connectivity index (χ1n) is 14.9. The van der Waals surface area contributed by atoms with Gasteiger partial charge in [-0.05, 0) is 49.8 Å². The van der Waals surface area contributed by atoms with Crippen LogP contribution in [0.25, 0.3) is 0 Å². The summed E-state index contributed by atoms with van der Waals surface area (Å²) in [7, 11) is -2.38. The van der Waals surface area contributed by atoms with Gasteiger partial charge in [0.2, 0.25) is 21.8 Å². The van der Waals surface area contributed by atoms with Crippen molar-refractivity contribution in [2.75, 3.05) is 39.9 Å². The summed E-state index contributed by atoms with van der Waals surface area (Å²) in [6.07, 6.45) is 7.98. The molecule has 0 spiro atoms. The number of nitrogens with zero attached hydrogens (tertiary/aromatic N) is 3. The topological polar surface area (TPSA) is 87.2 Å². The lowest BCUT2D eigenvalue weighted by molar-refractivity contribution is -0.137. The normalized spacial score (nSPS) is 16.8. The molecular formula is C32H45N3O5S. The third-order valence-electron chi connectivity index (χ3n) is 8.53. The van der Waals surface area contributed by atoms with Gasteiger partial charge in [0.05, 0.1) is 18.0 Å². The van der Waals surface area contributed by atoms with Gasteiger partial charge in [0, 0.05) is 45.8 Å². The molecule has 1 heterocycles. The van der Waals surface area contributed by atoms with Crippen LogP contribution in [0.5, 0.6) is 0 Å². The number of carbonyl (C=O) groups is 2. The zero-order valence-corrected chi connectivity index (χ0v) is 25.4. The smallest absolute Gasteiger partial charge is 0.243 e. The van der Waals surface area contributed by atoms with Crippen molar-refractivity contribution in [3.05, 3.63) is 65.7 Å². The molecule has 1 aliphatic carbocycles. The molecule has 0 radical (unpaired) electrons. The molecule has 0 atom stereocenters. The molecule has 2 aliphatic rings. The number of amides is 2. The zero-order chi connectivity index (χ0) is 29.2. The minimum absolute atomic E-state index is 0.0752. The van der Waals surface area contributed by atoms with E-state index < -0.39 is 10.0 Å². The summed E-state index contributed by atoms with van der Waals surface area (Å²) >= 11 is 0. The Hall–Kier alpha value is -2.75. The molecule has 9 heteroatoms. The molecule has 2 aromatic carbocycles. The van der Waals surface area contributed by atoms with Crippen LogP contribution in [-0.4, -0.2) is 80.3 Å². The molecule has 0 unspecified atom stereocenters. The number of benzene rings is 2. The molecule has 41 heavy (non-hydrogen) atoms. The number of carbonyl (C=O) groups excluding carboxylic acids is 2. The van der Waals surface area contributed by atoms with Crippen molar-refractivity contribution in [1.29, 1.82) is 0 Å². The first kappa shape index (κ1) is 31.2. The highest BCUT2D eigenvalue weighted by molar-refractivity contribution is 7.89. The third kappa shape index (κ3) is 8.63. The number of rotatable bonds is 13. The van der Waals surface area contributed by atoms with Gasteiger partial charge in [-0.1, -0.05) is 73.7 Å². The van der Waals surface area contributed by atoms with E-state index in [0.717, 1.165) is 17.5 Å². The number of sulfonamides is 1. The van der Waals surface area contributed by atoms with Crippen molar-refractivity contribution in [1.82, 2.24) is 14.1 Å². The van der Waals surface area contributed by atoms with E-state index in [1.165, 1.54) is 37.1 Å². The predicted octanol–water partition coefficient (Wildman–Crippen LogP) is 4.62. The van der Waals surface area contributed by atoms with Crippen molar-refractivity contribution in [3.63, 3.8) is 0 Å². The standard InChI is InChI=1S/C32H45N3O5S/c1-26-12-14-28(15-13-26)24-35(29-18-20-33(21-19-29)31(36)17-16-27-8-6-7-9-27)32(37)25-34(22-23-40-2)41(38,39)30-10-4-3-5-11-30/h3-5,10-15,27,29H,6-9,16-25H2,1-2H3. The molecule has 2 fully saturated rings. The van der Waals surface area contributed by atoms with Gasteiger partial charge < -0.3 is 14.5 Å². The minimum Gasteiger partial charge on any atom is -0.383 e. The summed E-state index contributed by atoms with van der Waals surface area (Å²) in [6, 6.07) is 16.2. The summed E-state index contributed by atoms with van der Waals surface area (Å²) in [5.41, 5.74) is 2.13. The molecule has 4 rings (SSSR count). The van der Waals surface area contributed by atoms with Gasteiger partial charge >= 0.3 is 0 Å². The molecule has 1 saturated carbocycles. The number of hydrogen-bond donors (Lipinski definition) is 0. The van der Waals surface area contributed by atoms with Crippen LogP contribution in [0.2, 0.25) is 0 Å². The first-order chi connectivity index (χ1) is 19.8. The fourth-order valence-corrected chi connectivity index (χ4v) is 7.38. The molecule has 8 nitrogen and oxygen atoms in total. The van der Waals surface area contributed by atoms with Crippen molar-refractivity contribution in [3.8, 4) is 0 Å². The second kappa shape index (κ2) is 14.9. The van der Waals surface area contributed by atoms with E-state index in [4.69, 9.17) is 4.74 Å². The van der Waals surface area contributed by atoms with Crippen LogP contribution in [-0.2, 0) is 30.9 Å². The number of methoxy groups -OCH3 is 1. The van der Waals surface area contributed by atoms with Crippen molar-refractivity contribution in [2.24, 2.45) is 5.92 Å². The summed E-state index contributed by atoms with van der Waals surface area (Å²) in [4.78, 5) is 30.8. The van der Waals surface area contributed by atoms with Gasteiger partial charge in [-0.3, -0.25) is 9.59 Å². The van der Waals surface area contributed by atoms with E-state index >= 15 is 0 Å². The van der Waals surface area contributed by atoms with Crippen LogP contribution in [0.1, 0.15) is 62.5 Å². The number of ether oxygens (including phenoxy) is 1. The Morgan fingerprint density at radius 1 is 0.951 bits per heavy atom. The summed E-state index contributed by atoms with van der Waals surface area (Å²) < 4.78 is 33.4. The first-order valence-corrected chi connectivity index (χ1v) is 16.4. The molecule has 1 saturated heterocycles. The van der Waals surface area contributed by atoms with Crippen molar-refractivity contribution < 1.29 is 22.7 Å². The van der Waals surface area contributed by atoms with Crippen molar-refractivity contribution >= 4 is 21.8 Å². The Labute approximate surface area is 245 Å². The Morgan fingerprint density at radius 2 is 1.61 bits per heavy atom. The maximum absolute atomic E-state index is 13.9. The summed E-state index contributed by atoms with van der Waals surface area (Å²) in [6.45, 7) is 3.62. The lowest BCUT2D eigenvalue weighted by atomic mass is 9.99. The molecule has 0 N–H and O–H groups in total. The fourth-order valence-electron chi connectivity index (χ4n) is 5.98. The Morgan fingerprint density at radius 3 is 2.24 bits per heavy atom. The predicted molar refractivity (Wildman–Crippen MR) is 160 cm³/mol. The number of hydrogen-bond acceptors (Lipinski definition) is 5. The maximum atomic E-state index is 13.9. The van der Waals surface area contributed by atoms with Gasteiger partial charge in [-0.2, -0.15) is 4.31 Å². The molecule has 2 aromatic rings. The highest BCUT2D eigenvalue weighted by atomic mass is 32.2. The van der Waals surface area contributed by atoms with Gasteiger partial charge in [0.1, 0.15) is 0 Å². The van der Waals surface area contributed by atoms with Crippen LogP contribution in [0, 0.1) is 12.8 Å². The zero-order valence-electron chi connectivity index (χ0n) is 24.5.